The molecule has 0 unspecified atom stereocenters. The molecule has 0 aromatic rings. The smallest absolute Gasteiger partial charge is 0.305 e. The zero-order chi connectivity index (χ0) is 35.3. The molecule has 0 spiro atoms. The molecule has 0 fully saturated rings. The first-order valence-electron chi connectivity index (χ1n) is 19.4. The summed E-state index contributed by atoms with van der Waals surface area (Å²) in [5, 5.41) is 30.3. The lowest BCUT2D eigenvalue weighted by Crippen LogP contribution is -2.26. The topological polar surface area (TPSA) is 113 Å². The normalized spacial score (nSPS) is 14.0. The monoisotopic (exact) mass is 677 g/mol. The number of aliphatic hydroxyl groups is 3. The van der Waals surface area contributed by atoms with Crippen LogP contribution in [0, 0.1) is 0 Å². The van der Waals surface area contributed by atoms with E-state index < -0.39 is 24.3 Å². The Labute approximate surface area is 294 Å². The van der Waals surface area contributed by atoms with Gasteiger partial charge in [-0.25, -0.2) is 0 Å². The van der Waals surface area contributed by atoms with Crippen molar-refractivity contribution in [3.8, 4) is 0 Å². The zero-order valence-electron chi connectivity index (χ0n) is 30.7. The van der Waals surface area contributed by atoms with Gasteiger partial charge in [-0.3, -0.25) is 9.59 Å². The lowest BCUT2D eigenvalue weighted by molar-refractivity contribution is -0.152. The first-order valence-corrected chi connectivity index (χ1v) is 19.4. The van der Waals surface area contributed by atoms with Gasteiger partial charge in [0.1, 0.15) is 19.3 Å². The Morgan fingerprint density at radius 2 is 0.896 bits per heavy atom. The number of unbranched alkanes of at least 4 members (excludes halogenated alkanes) is 14. The molecule has 278 valence electrons. The molecule has 0 saturated heterocycles. The Balaban J connectivity index is 3.68. The summed E-state index contributed by atoms with van der Waals surface area (Å²) in [7, 11) is 0. The van der Waals surface area contributed by atoms with E-state index in [9.17, 15) is 24.9 Å². The minimum Gasteiger partial charge on any atom is -0.463 e. The van der Waals surface area contributed by atoms with Crippen molar-refractivity contribution in [1.29, 1.82) is 0 Å². The Bertz CT molecular complexity index is 848. The molecular weight excluding hydrogens is 604 g/mol. The van der Waals surface area contributed by atoms with E-state index >= 15 is 0 Å². The molecule has 0 aromatic heterocycles. The standard InChI is InChI=1S/C41H72O7/c1-3-5-7-9-11-13-15-17-18-19-21-23-25-27-29-33-40(45)47-35-37(42)36-48-41(46)34-30-32-39(44)38(43)31-28-26-24-22-20-16-14-12-10-8-6-4-2/h6,8,12,14,20,22,26,28,37-39,42-44H,3-5,7,9-11,13,15-19,21,23-25,27,29-36H2,1-2H3/b8-6-,14-12-,22-20-,28-26-/t37-,38-,39-/m0/s1. The summed E-state index contributed by atoms with van der Waals surface area (Å²) in [6, 6.07) is 0. The number of hydrogen-bond donors (Lipinski definition) is 3. The number of esters is 2. The Morgan fingerprint density at radius 3 is 1.35 bits per heavy atom. The summed E-state index contributed by atoms with van der Waals surface area (Å²) in [4.78, 5) is 24.0. The van der Waals surface area contributed by atoms with Gasteiger partial charge in [0.2, 0.25) is 0 Å². The van der Waals surface area contributed by atoms with Gasteiger partial charge in [0.25, 0.3) is 0 Å². The van der Waals surface area contributed by atoms with Crippen molar-refractivity contribution >= 4 is 11.9 Å². The quantitative estimate of drug-likeness (QED) is 0.0353. The van der Waals surface area contributed by atoms with Crippen molar-refractivity contribution in [2.24, 2.45) is 0 Å². The van der Waals surface area contributed by atoms with E-state index in [1.165, 1.54) is 77.0 Å². The molecule has 0 aliphatic heterocycles. The third-order valence-corrected chi connectivity index (χ3v) is 8.28. The first kappa shape index (κ1) is 45.8. The lowest BCUT2D eigenvalue weighted by Gasteiger charge is -2.16. The summed E-state index contributed by atoms with van der Waals surface area (Å²) in [6.07, 6.45) is 37.7. The minimum atomic E-state index is -1.07. The third kappa shape index (κ3) is 33.7. The third-order valence-electron chi connectivity index (χ3n) is 8.28. The SMILES string of the molecule is CC/C=C\C/C=C\C/C=C\C/C=C\C[C@H](O)[C@@H](O)CCCC(=O)OC[C@@H](O)COC(=O)CCCCCCCCCCCCCCCCC. The minimum absolute atomic E-state index is 0.0689. The fourth-order valence-corrected chi connectivity index (χ4v) is 5.23. The molecular formula is C41H72O7. The fourth-order valence-electron chi connectivity index (χ4n) is 5.23. The van der Waals surface area contributed by atoms with Gasteiger partial charge < -0.3 is 24.8 Å². The molecule has 7 heteroatoms. The molecule has 0 bridgehead atoms. The molecule has 0 radical (unpaired) electrons. The zero-order valence-corrected chi connectivity index (χ0v) is 30.7. The first-order chi connectivity index (χ1) is 23.4. The van der Waals surface area contributed by atoms with Gasteiger partial charge in [0, 0.05) is 12.8 Å². The summed E-state index contributed by atoms with van der Waals surface area (Å²) < 4.78 is 10.2. The van der Waals surface area contributed by atoms with E-state index in [-0.39, 0.29) is 32.0 Å². The number of hydrogen-bond acceptors (Lipinski definition) is 7. The van der Waals surface area contributed by atoms with E-state index in [0.29, 0.717) is 19.3 Å². The van der Waals surface area contributed by atoms with Gasteiger partial charge >= 0.3 is 11.9 Å². The molecule has 0 amide bonds. The maximum Gasteiger partial charge on any atom is 0.305 e. The van der Waals surface area contributed by atoms with Crippen LogP contribution < -0.4 is 0 Å². The molecule has 0 aliphatic carbocycles. The van der Waals surface area contributed by atoms with Gasteiger partial charge in [-0.2, -0.15) is 0 Å². The Kier molecular flexibility index (Phi) is 34.4. The second-order valence-corrected chi connectivity index (χ2v) is 13.0. The fraction of sp³-hybridized carbons (Fsp3) is 0.756. The molecule has 0 aliphatic rings. The molecule has 0 saturated carbocycles. The van der Waals surface area contributed by atoms with Crippen LogP contribution in [-0.2, 0) is 19.1 Å². The summed E-state index contributed by atoms with van der Waals surface area (Å²) in [5.41, 5.74) is 0. The number of rotatable bonds is 34. The summed E-state index contributed by atoms with van der Waals surface area (Å²) in [6.45, 7) is 3.93. The average Bonchev–Trinajstić information content (AvgIpc) is 3.08. The highest BCUT2D eigenvalue weighted by Crippen LogP contribution is 2.14. The number of carbonyl (C=O) groups is 2. The van der Waals surface area contributed by atoms with E-state index in [1.807, 2.05) is 12.2 Å². The van der Waals surface area contributed by atoms with Gasteiger partial charge in [-0.1, -0.05) is 152 Å². The molecule has 3 atom stereocenters. The van der Waals surface area contributed by atoms with E-state index in [2.05, 4.69) is 50.3 Å². The van der Waals surface area contributed by atoms with Crippen LogP contribution >= 0.6 is 0 Å². The van der Waals surface area contributed by atoms with Crippen molar-refractivity contribution in [2.75, 3.05) is 13.2 Å². The molecule has 7 nitrogen and oxygen atoms in total. The molecule has 0 rings (SSSR count). The maximum absolute atomic E-state index is 12.0. The van der Waals surface area contributed by atoms with Gasteiger partial charge in [0.05, 0.1) is 12.2 Å². The lowest BCUT2D eigenvalue weighted by atomic mass is 10.0. The molecule has 48 heavy (non-hydrogen) atoms. The number of ether oxygens (including phenoxy) is 2. The summed E-state index contributed by atoms with van der Waals surface area (Å²) >= 11 is 0. The number of aliphatic hydroxyl groups excluding tert-OH is 3. The van der Waals surface area contributed by atoms with Crippen LogP contribution in [0.1, 0.15) is 168 Å². The van der Waals surface area contributed by atoms with E-state index in [4.69, 9.17) is 9.47 Å². The van der Waals surface area contributed by atoms with Crippen LogP contribution in [0.3, 0.4) is 0 Å². The summed E-state index contributed by atoms with van der Waals surface area (Å²) in [5.74, 6) is -0.841. The van der Waals surface area contributed by atoms with Crippen molar-refractivity contribution in [1.82, 2.24) is 0 Å². The molecule has 0 aromatic carbocycles. The van der Waals surface area contributed by atoms with Crippen LogP contribution in [0.2, 0.25) is 0 Å². The van der Waals surface area contributed by atoms with E-state index in [0.717, 1.165) is 44.9 Å². The van der Waals surface area contributed by atoms with Crippen LogP contribution in [-0.4, -0.2) is 58.8 Å². The Morgan fingerprint density at radius 1 is 0.500 bits per heavy atom. The van der Waals surface area contributed by atoms with E-state index in [1.54, 1.807) is 0 Å². The van der Waals surface area contributed by atoms with Gasteiger partial charge in [-0.05, 0) is 51.4 Å². The predicted octanol–water partition coefficient (Wildman–Crippen LogP) is 9.78. The second-order valence-electron chi connectivity index (χ2n) is 13.0. The highest BCUT2D eigenvalue weighted by molar-refractivity contribution is 5.69. The van der Waals surface area contributed by atoms with Crippen LogP contribution in [0.5, 0.6) is 0 Å². The van der Waals surface area contributed by atoms with Crippen molar-refractivity contribution < 1.29 is 34.4 Å². The number of allylic oxidation sites excluding steroid dienone is 7. The van der Waals surface area contributed by atoms with Crippen LogP contribution in [0.4, 0.5) is 0 Å². The average molecular weight is 677 g/mol. The highest BCUT2D eigenvalue weighted by Gasteiger charge is 2.16. The van der Waals surface area contributed by atoms with Crippen molar-refractivity contribution in [3.63, 3.8) is 0 Å². The van der Waals surface area contributed by atoms with Crippen molar-refractivity contribution in [2.45, 2.75) is 186 Å². The highest BCUT2D eigenvalue weighted by atomic mass is 16.6. The second kappa shape index (κ2) is 36.1. The maximum atomic E-state index is 12.0. The van der Waals surface area contributed by atoms with Crippen LogP contribution in [0.25, 0.3) is 0 Å². The molecule has 3 N–H and O–H groups in total. The van der Waals surface area contributed by atoms with Gasteiger partial charge in [0.15, 0.2) is 0 Å². The Hall–Kier alpha value is -2.22. The van der Waals surface area contributed by atoms with Gasteiger partial charge in [-0.15, -0.1) is 0 Å². The molecule has 0 heterocycles. The van der Waals surface area contributed by atoms with Crippen molar-refractivity contribution in [3.05, 3.63) is 48.6 Å². The van der Waals surface area contributed by atoms with Crippen LogP contribution in [0.15, 0.2) is 48.6 Å². The predicted molar refractivity (Wildman–Crippen MR) is 199 cm³/mol. The largest absolute Gasteiger partial charge is 0.463 e. The number of carbonyl (C=O) groups excluding carboxylic acids is 2.